The first kappa shape index (κ1) is 13.4. The molecule has 0 aliphatic carbocycles. The summed E-state index contributed by atoms with van der Waals surface area (Å²) in [6.07, 6.45) is 1.03. The smallest absolute Gasteiger partial charge is 0.184 e. The van der Waals surface area contributed by atoms with Gasteiger partial charge in [0.25, 0.3) is 0 Å². The summed E-state index contributed by atoms with van der Waals surface area (Å²) in [5.41, 5.74) is 1.07. The number of ether oxygens (including phenoxy) is 2. The van der Waals surface area contributed by atoms with Crippen molar-refractivity contribution in [3.05, 3.63) is 40.3 Å². The van der Waals surface area contributed by atoms with Crippen LogP contribution in [0.25, 0.3) is 0 Å². The summed E-state index contributed by atoms with van der Waals surface area (Å²) < 4.78 is 11.7. The van der Waals surface area contributed by atoms with Crippen molar-refractivity contribution >= 4 is 11.3 Å². The summed E-state index contributed by atoms with van der Waals surface area (Å²) in [5.74, 6) is 1.61. The number of nitrogens with one attached hydrogen (secondary N) is 1. The lowest BCUT2D eigenvalue weighted by atomic mass is 10.2. The van der Waals surface area contributed by atoms with Crippen LogP contribution in [-0.2, 0) is 6.54 Å². The van der Waals surface area contributed by atoms with E-state index < -0.39 is 0 Å². The van der Waals surface area contributed by atoms with Crippen molar-refractivity contribution in [2.45, 2.75) is 26.0 Å². The molecule has 1 aliphatic heterocycles. The van der Waals surface area contributed by atoms with Crippen molar-refractivity contribution in [3.63, 3.8) is 0 Å². The maximum atomic E-state index is 5.96. The second-order valence-corrected chi connectivity index (χ2v) is 5.61. The average molecular weight is 290 g/mol. The van der Waals surface area contributed by atoms with Gasteiger partial charge >= 0.3 is 0 Å². The molecule has 1 atom stereocenters. The highest BCUT2D eigenvalue weighted by Gasteiger charge is 2.24. The van der Waals surface area contributed by atoms with Gasteiger partial charge in [-0.3, -0.25) is 0 Å². The van der Waals surface area contributed by atoms with Gasteiger partial charge in [-0.2, -0.15) is 0 Å². The number of benzene rings is 1. The minimum absolute atomic E-state index is 0.102. The SMILES string of the molecule is CCCNCc1csc(C2COc3ccccc3O2)n1. The molecule has 20 heavy (non-hydrogen) atoms. The van der Waals surface area contributed by atoms with Crippen LogP contribution in [0.4, 0.5) is 0 Å². The molecule has 0 saturated heterocycles. The number of hydrogen-bond donors (Lipinski definition) is 1. The Balaban J connectivity index is 1.66. The Morgan fingerprint density at radius 2 is 2.20 bits per heavy atom. The largest absolute Gasteiger partial charge is 0.485 e. The standard InChI is InChI=1S/C15H18N2O2S/c1-2-7-16-8-11-10-20-15(17-11)14-9-18-12-5-3-4-6-13(12)19-14/h3-6,10,14,16H,2,7-9H2,1H3. The van der Waals surface area contributed by atoms with Gasteiger partial charge in [0, 0.05) is 11.9 Å². The zero-order valence-corrected chi connectivity index (χ0v) is 12.3. The van der Waals surface area contributed by atoms with E-state index in [1.54, 1.807) is 11.3 Å². The molecule has 0 amide bonds. The van der Waals surface area contributed by atoms with E-state index in [1.165, 1.54) is 0 Å². The number of thiazole rings is 1. The summed E-state index contributed by atoms with van der Waals surface area (Å²) in [6.45, 7) is 4.51. The van der Waals surface area contributed by atoms with Gasteiger partial charge in [-0.15, -0.1) is 11.3 Å². The predicted molar refractivity (Wildman–Crippen MR) is 79.4 cm³/mol. The number of aromatic nitrogens is 1. The molecule has 0 saturated carbocycles. The van der Waals surface area contributed by atoms with E-state index in [4.69, 9.17) is 9.47 Å². The molecule has 3 rings (SSSR count). The maximum Gasteiger partial charge on any atom is 0.184 e. The first-order chi connectivity index (χ1) is 9.86. The lowest BCUT2D eigenvalue weighted by Crippen LogP contribution is -2.21. The molecule has 1 N–H and O–H groups in total. The van der Waals surface area contributed by atoms with Crippen LogP contribution in [0, 0.1) is 0 Å². The van der Waals surface area contributed by atoms with Gasteiger partial charge in [0.15, 0.2) is 17.6 Å². The lowest BCUT2D eigenvalue weighted by molar-refractivity contribution is 0.0910. The molecule has 1 unspecified atom stereocenters. The van der Waals surface area contributed by atoms with Gasteiger partial charge in [0.1, 0.15) is 11.6 Å². The minimum atomic E-state index is -0.102. The van der Waals surface area contributed by atoms with Crippen molar-refractivity contribution in [1.29, 1.82) is 0 Å². The summed E-state index contributed by atoms with van der Waals surface area (Å²) in [4.78, 5) is 4.63. The van der Waals surface area contributed by atoms with E-state index in [1.807, 2.05) is 24.3 Å². The third kappa shape index (κ3) is 2.94. The second-order valence-electron chi connectivity index (χ2n) is 4.72. The normalized spacial score (nSPS) is 17.1. The average Bonchev–Trinajstić information content (AvgIpc) is 2.96. The van der Waals surface area contributed by atoms with E-state index >= 15 is 0 Å². The van der Waals surface area contributed by atoms with Crippen molar-refractivity contribution in [3.8, 4) is 11.5 Å². The number of hydrogen-bond acceptors (Lipinski definition) is 5. The molecule has 0 radical (unpaired) electrons. The summed E-state index contributed by atoms with van der Waals surface area (Å²) >= 11 is 1.63. The first-order valence-corrected chi connectivity index (χ1v) is 7.78. The molecule has 0 fully saturated rings. The highest BCUT2D eigenvalue weighted by Crippen LogP contribution is 2.36. The molecule has 1 aliphatic rings. The van der Waals surface area contributed by atoms with Crippen LogP contribution in [0.5, 0.6) is 11.5 Å². The number of rotatable bonds is 5. The first-order valence-electron chi connectivity index (χ1n) is 6.90. The van der Waals surface area contributed by atoms with Crippen LogP contribution in [-0.4, -0.2) is 18.1 Å². The lowest BCUT2D eigenvalue weighted by Gasteiger charge is -2.24. The van der Waals surface area contributed by atoms with Gasteiger partial charge in [0.2, 0.25) is 0 Å². The van der Waals surface area contributed by atoms with Crippen molar-refractivity contribution in [1.82, 2.24) is 10.3 Å². The fourth-order valence-corrected chi connectivity index (χ4v) is 2.92. The van der Waals surface area contributed by atoms with Crippen LogP contribution in [0.2, 0.25) is 0 Å². The molecule has 2 aromatic rings. The molecular weight excluding hydrogens is 272 g/mol. The zero-order valence-electron chi connectivity index (χ0n) is 11.5. The highest BCUT2D eigenvalue weighted by atomic mass is 32.1. The Morgan fingerprint density at radius 1 is 1.35 bits per heavy atom. The third-order valence-electron chi connectivity index (χ3n) is 3.09. The number of para-hydroxylation sites is 2. The molecule has 1 aromatic carbocycles. The Morgan fingerprint density at radius 3 is 3.05 bits per heavy atom. The minimum Gasteiger partial charge on any atom is -0.485 e. The summed E-state index contributed by atoms with van der Waals surface area (Å²) in [7, 11) is 0. The van der Waals surface area contributed by atoms with Gasteiger partial charge in [-0.25, -0.2) is 4.98 Å². The van der Waals surface area contributed by atoms with Gasteiger partial charge in [-0.05, 0) is 25.1 Å². The zero-order chi connectivity index (χ0) is 13.8. The third-order valence-corrected chi connectivity index (χ3v) is 4.07. The van der Waals surface area contributed by atoms with E-state index in [0.717, 1.165) is 41.7 Å². The summed E-state index contributed by atoms with van der Waals surface area (Å²) in [6, 6.07) is 7.75. The molecular formula is C15H18N2O2S. The fraction of sp³-hybridized carbons (Fsp3) is 0.400. The van der Waals surface area contributed by atoms with Crippen molar-refractivity contribution in [2.24, 2.45) is 0 Å². The van der Waals surface area contributed by atoms with Crippen LogP contribution < -0.4 is 14.8 Å². The fourth-order valence-electron chi connectivity index (χ4n) is 2.09. The van der Waals surface area contributed by atoms with Crippen LogP contribution >= 0.6 is 11.3 Å². The topological polar surface area (TPSA) is 43.4 Å². The Bertz CT molecular complexity index is 571. The molecule has 0 spiro atoms. The second kappa shape index (κ2) is 6.24. The molecule has 1 aromatic heterocycles. The molecule has 106 valence electrons. The van der Waals surface area contributed by atoms with Crippen molar-refractivity contribution < 1.29 is 9.47 Å². The van der Waals surface area contributed by atoms with Gasteiger partial charge < -0.3 is 14.8 Å². The molecule has 2 heterocycles. The van der Waals surface area contributed by atoms with E-state index in [-0.39, 0.29) is 6.10 Å². The molecule has 0 bridgehead atoms. The monoisotopic (exact) mass is 290 g/mol. The van der Waals surface area contributed by atoms with Gasteiger partial charge in [0.05, 0.1) is 5.69 Å². The highest BCUT2D eigenvalue weighted by molar-refractivity contribution is 7.09. The Hall–Kier alpha value is -1.59. The van der Waals surface area contributed by atoms with Crippen LogP contribution in [0.15, 0.2) is 29.6 Å². The quantitative estimate of drug-likeness (QED) is 0.859. The van der Waals surface area contributed by atoms with Crippen LogP contribution in [0.1, 0.15) is 30.2 Å². The van der Waals surface area contributed by atoms with Gasteiger partial charge in [-0.1, -0.05) is 19.1 Å². The van der Waals surface area contributed by atoms with Crippen LogP contribution in [0.3, 0.4) is 0 Å². The van der Waals surface area contributed by atoms with E-state index in [9.17, 15) is 0 Å². The molecule has 4 nitrogen and oxygen atoms in total. The number of fused-ring (bicyclic) bond motifs is 1. The predicted octanol–water partition coefficient (Wildman–Crippen LogP) is 3.16. The Labute approximate surface area is 122 Å². The van der Waals surface area contributed by atoms with E-state index in [2.05, 4.69) is 22.6 Å². The maximum absolute atomic E-state index is 5.96. The molecule has 5 heteroatoms. The number of nitrogens with zero attached hydrogens (tertiary/aromatic N) is 1. The van der Waals surface area contributed by atoms with E-state index in [0.29, 0.717) is 6.61 Å². The van der Waals surface area contributed by atoms with Crippen molar-refractivity contribution in [2.75, 3.05) is 13.2 Å². The summed E-state index contributed by atoms with van der Waals surface area (Å²) in [5, 5.41) is 6.42. The Kier molecular flexibility index (Phi) is 4.18.